The number of hydrogen-bond acceptors (Lipinski definition) is 4. The standard InChI is InChI=1S/C12H11NO5/c14-9-4-8-3-6(1-2-7(8)5-13-9)10(15)11(16)12(17)18/h1-5,10-11,15-16H,(H,13,14)(H,17,18). The highest BCUT2D eigenvalue weighted by atomic mass is 16.4. The first-order valence-corrected chi connectivity index (χ1v) is 5.20. The number of nitrogens with one attached hydrogen (secondary N) is 1. The summed E-state index contributed by atoms with van der Waals surface area (Å²) in [5, 5.41) is 28.8. The third-order valence-electron chi connectivity index (χ3n) is 2.66. The minimum Gasteiger partial charge on any atom is -0.479 e. The van der Waals surface area contributed by atoms with Gasteiger partial charge in [-0.15, -0.1) is 0 Å². The molecule has 0 spiro atoms. The molecule has 2 rings (SSSR count). The second-order valence-electron chi connectivity index (χ2n) is 3.91. The van der Waals surface area contributed by atoms with E-state index in [0.29, 0.717) is 5.39 Å². The fourth-order valence-electron chi connectivity index (χ4n) is 1.68. The zero-order chi connectivity index (χ0) is 13.3. The molecule has 1 aromatic heterocycles. The topological polar surface area (TPSA) is 111 Å². The number of fused-ring (bicyclic) bond motifs is 1. The van der Waals surface area contributed by atoms with E-state index in [0.717, 1.165) is 5.39 Å². The van der Waals surface area contributed by atoms with Crippen molar-refractivity contribution in [3.05, 3.63) is 46.4 Å². The number of H-pyrrole nitrogens is 1. The predicted octanol–water partition coefficient (Wildman–Crippen LogP) is 0.00700. The molecule has 0 aliphatic heterocycles. The van der Waals surface area contributed by atoms with E-state index in [2.05, 4.69) is 4.98 Å². The lowest BCUT2D eigenvalue weighted by molar-refractivity contribution is -0.153. The van der Waals surface area contributed by atoms with Gasteiger partial charge < -0.3 is 20.3 Å². The first-order valence-electron chi connectivity index (χ1n) is 5.20. The summed E-state index contributed by atoms with van der Waals surface area (Å²) in [5.74, 6) is -1.51. The monoisotopic (exact) mass is 249 g/mol. The number of benzene rings is 1. The fourth-order valence-corrected chi connectivity index (χ4v) is 1.68. The quantitative estimate of drug-likeness (QED) is 0.612. The van der Waals surface area contributed by atoms with E-state index in [9.17, 15) is 19.8 Å². The number of hydrogen-bond donors (Lipinski definition) is 4. The number of rotatable bonds is 3. The molecule has 0 saturated heterocycles. The third kappa shape index (κ3) is 2.24. The third-order valence-corrected chi connectivity index (χ3v) is 2.66. The molecule has 0 amide bonds. The van der Waals surface area contributed by atoms with Crippen LogP contribution >= 0.6 is 0 Å². The van der Waals surface area contributed by atoms with E-state index in [1.165, 1.54) is 24.4 Å². The Morgan fingerprint density at radius 1 is 1.17 bits per heavy atom. The van der Waals surface area contributed by atoms with Crippen LogP contribution < -0.4 is 5.56 Å². The first-order chi connectivity index (χ1) is 8.49. The Morgan fingerprint density at radius 3 is 2.56 bits per heavy atom. The van der Waals surface area contributed by atoms with Crippen molar-refractivity contribution in [2.75, 3.05) is 0 Å². The maximum atomic E-state index is 11.1. The number of aromatic nitrogens is 1. The Labute approximate surface area is 101 Å². The molecule has 94 valence electrons. The van der Waals surface area contributed by atoms with Gasteiger partial charge in [0.1, 0.15) is 6.10 Å². The number of aliphatic carboxylic acids is 1. The summed E-state index contributed by atoms with van der Waals surface area (Å²) >= 11 is 0. The van der Waals surface area contributed by atoms with Crippen LogP contribution in [-0.2, 0) is 4.79 Å². The van der Waals surface area contributed by atoms with Crippen molar-refractivity contribution in [2.45, 2.75) is 12.2 Å². The summed E-state index contributed by atoms with van der Waals surface area (Å²) in [6.07, 6.45) is -1.92. The van der Waals surface area contributed by atoms with Gasteiger partial charge in [-0.1, -0.05) is 12.1 Å². The summed E-state index contributed by atoms with van der Waals surface area (Å²) in [7, 11) is 0. The zero-order valence-corrected chi connectivity index (χ0v) is 9.20. The predicted molar refractivity (Wildman–Crippen MR) is 63.2 cm³/mol. The Balaban J connectivity index is 2.46. The summed E-state index contributed by atoms with van der Waals surface area (Å²) in [5.41, 5.74) is -0.0593. The number of carboxylic acid groups (broad SMARTS) is 1. The molecule has 1 heterocycles. The van der Waals surface area contributed by atoms with Crippen LogP contribution in [0, 0.1) is 0 Å². The average Bonchev–Trinajstić information content (AvgIpc) is 2.35. The van der Waals surface area contributed by atoms with Crippen LogP contribution in [0.25, 0.3) is 10.8 Å². The van der Waals surface area contributed by atoms with Gasteiger partial charge in [-0.05, 0) is 22.4 Å². The Hall–Kier alpha value is -2.18. The molecule has 0 radical (unpaired) electrons. The normalized spacial score (nSPS) is 14.3. The van der Waals surface area contributed by atoms with Crippen molar-refractivity contribution >= 4 is 16.7 Å². The summed E-state index contributed by atoms with van der Waals surface area (Å²) < 4.78 is 0. The molecule has 2 atom stereocenters. The number of pyridine rings is 1. The van der Waals surface area contributed by atoms with Gasteiger partial charge >= 0.3 is 5.97 Å². The Morgan fingerprint density at radius 2 is 1.89 bits per heavy atom. The summed E-state index contributed by atoms with van der Waals surface area (Å²) in [4.78, 5) is 24.2. The molecule has 0 fully saturated rings. The number of carboxylic acids is 1. The molecule has 2 unspecified atom stereocenters. The molecule has 0 saturated carbocycles. The molecule has 2 aromatic rings. The second-order valence-corrected chi connectivity index (χ2v) is 3.91. The molecule has 0 aliphatic rings. The first kappa shape index (κ1) is 12.3. The van der Waals surface area contributed by atoms with Gasteiger partial charge in [0.05, 0.1) is 0 Å². The molecule has 6 heteroatoms. The van der Waals surface area contributed by atoms with E-state index in [1.54, 1.807) is 6.07 Å². The molecule has 0 aliphatic carbocycles. The van der Waals surface area contributed by atoms with Gasteiger partial charge in [-0.2, -0.15) is 0 Å². The number of aromatic amines is 1. The molecule has 0 bridgehead atoms. The molecule has 18 heavy (non-hydrogen) atoms. The largest absolute Gasteiger partial charge is 0.479 e. The van der Waals surface area contributed by atoms with Crippen LogP contribution in [0.2, 0.25) is 0 Å². The van der Waals surface area contributed by atoms with Crippen LogP contribution in [0.5, 0.6) is 0 Å². The maximum Gasteiger partial charge on any atom is 0.335 e. The van der Waals surface area contributed by atoms with Crippen molar-refractivity contribution in [3.8, 4) is 0 Å². The highest BCUT2D eigenvalue weighted by Gasteiger charge is 2.25. The van der Waals surface area contributed by atoms with Gasteiger partial charge in [0, 0.05) is 12.3 Å². The Bertz CT molecular complexity index is 648. The van der Waals surface area contributed by atoms with Gasteiger partial charge in [-0.3, -0.25) is 4.79 Å². The number of carbonyl (C=O) groups is 1. The lowest BCUT2D eigenvalue weighted by Crippen LogP contribution is -2.27. The second kappa shape index (κ2) is 4.59. The summed E-state index contributed by atoms with van der Waals surface area (Å²) in [6.45, 7) is 0. The molecule has 1 aromatic carbocycles. The maximum absolute atomic E-state index is 11.1. The molecular formula is C12H11NO5. The van der Waals surface area contributed by atoms with E-state index in [4.69, 9.17) is 5.11 Å². The minimum atomic E-state index is -1.90. The minimum absolute atomic E-state index is 0.239. The molecular weight excluding hydrogens is 238 g/mol. The lowest BCUT2D eigenvalue weighted by Gasteiger charge is -2.14. The van der Waals surface area contributed by atoms with Crippen molar-refractivity contribution < 1.29 is 20.1 Å². The lowest BCUT2D eigenvalue weighted by atomic mass is 10.0. The van der Waals surface area contributed by atoms with E-state index >= 15 is 0 Å². The van der Waals surface area contributed by atoms with Crippen molar-refractivity contribution in [2.24, 2.45) is 0 Å². The van der Waals surface area contributed by atoms with Crippen LogP contribution in [0.4, 0.5) is 0 Å². The van der Waals surface area contributed by atoms with Crippen LogP contribution in [-0.4, -0.2) is 32.4 Å². The van der Waals surface area contributed by atoms with Gasteiger partial charge in [-0.25, -0.2) is 4.79 Å². The highest BCUT2D eigenvalue weighted by molar-refractivity contribution is 5.82. The van der Waals surface area contributed by atoms with Gasteiger partial charge in [0.15, 0.2) is 6.10 Å². The van der Waals surface area contributed by atoms with E-state index in [-0.39, 0.29) is 11.1 Å². The van der Waals surface area contributed by atoms with Crippen LogP contribution in [0.3, 0.4) is 0 Å². The van der Waals surface area contributed by atoms with Gasteiger partial charge in [0.2, 0.25) is 5.56 Å². The fraction of sp³-hybridized carbons (Fsp3) is 0.167. The zero-order valence-electron chi connectivity index (χ0n) is 9.20. The Kier molecular flexibility index (Phi) is 3.14. The van der Waals surface area contributed by atoms with Crippen molar-refractivity contribution in [3.63, 3.8) is 0 Å². The SMILES string of the molecule is O=C(O)C(O)C(O)c1ccc2c[nH]c(=O)cc2c1. The smallest absolute Gasteiger partial charge is 0.335 e. The van der Waals surface area contributed by atoms with Crippen molar-refractivity contribution in [1.82, 2.24) is 4.98 Å². The average molecular weight is 249 g/mol. The molecule has 4 N–H and O–H groups in total. The van der Waals surface area contributed by atoms with Crippen molar-refractivity contribution in [1.29, 1.82) is 0 Å². The van der Waals surface area contributed by atoms with Gasteiger partial charge in [0.25, 0.3) is 0 Å². The van der Waals surface area contributed by atoms with Crippen LogP contribution in [0.15, 0.2) is 35.3 Å². The number of aliphatic hydroxyl groups excluding tert-OH is 2. The molecule has 6 nitrogen and oxygen atoms in total. The summed E-state index contributed by atoms with van der Waals surface area (Å²) in [6, 6.07) is 5.93. The van der Waals surface area contributed by atoms with E-state index < -0.39 is 18.2 Å². The van der Waals surface area contributed by atoms with Crippen LogP contribution in [0.1, 0.15) is 11.7 Å². The highest BCUT2D eigenvalue weighted by Crippen LogP contribution is 2.21. The number of aliphatic hydroxyl groups is 2. The van der Waals surface area contributed by atoms with E-state index in [1.807, 2.05) is 0 Å².